The van der Waals surface area contributed by atoms with Crippen molar-refractivity contribution >= 4 is 11.6 Å². The zero-order valence-corrected chi connectivity index (χ0v) is 14.8. The Morgan fingerprint density at radius 3 is 2.04 bits per heavy atom. The Hall–Kier alpha value is -0.250. The lowest BCUT2D eigenvalue weighted by atomic mass is 9.75. The molecule has 0 amide bonds. The van der Waals surface area contributed by atoms with Gasteiger partial charge in [-0.2, -0.15) is 26.3 Å². The Kier molecular flexibility index (Phi) is 5.75. The van der Waals surface area contributed by atoms with Gasteiger partial charge in [-0.25, -0.2) is 0 Å². The molecule has 6 atom stereocenters. The van der Waals surface area contributed by atoms with E-state index < -0.39 is 54.9 Å². The zero-order chi connectivity index (χ0) is 19.3. The summed E-state index contributed by atoms with van der Waals surface area (Å²) in [6.45, 7) is 0. The van der Waals surface area contributed by atoms with Gasteiger partial charge in [-0.3, -0.25) is 10.6 Å². The smallest absolute Gasteiger partial charge is 0.325 e. The number of nitrogens with one attached hydrogen (secondary N) is 2. The Balaban J connectivity index is 1.72. The van der Waals surface area contributed by atoms with Gasteiger partial charge in [0.2, 0.25) is 0 Å². The summed E-state index contributed by atoms with van der Waals surface area (Å²) >= 11 is 6.07. The van der Waals surface area contributed by atoms with Crippen LogP contribution in [0.2, 0.25) is 0 Å². The molecule has 152 valence electrons. The van der Waals surface area contributed by atoms with E-state index in [1.165, 1.54) is 0 Å². The fourth-order valence-corrected chi connectivity index (χ4v) is 4.99. The standard InChI is InChI=1S/C16H24ClF6N3/c17-9-3-1-7(2-4-9)12(24)14-25-11-6-8(15(18,19)20)5-10(13(11)26-14)16(21,22)23/h7-14,25-26H,1-6,24H2/t7?,8?,9?,10?,11?,12-,13?,14?/m0/s1. The molecule has 2 saturated carbocycles. The molecule has 1 heterocycles. The summed E-state index contributed by atoms with van der Waals surface area (Å²) < 4.78 is 79.4. The number of rotatable bonds is 2. The van der Waals surface area contributed by atoms with Crippen molar-refractivity contribution in [3.8, 4) is 0 Å². The van der Waals surface area contributed by atoms with Crippen LogP contribution in [0.4, 0.5) is 26.3 Å². The maximum Gasteiger partial charge on any atom is 0.393 e. The van der Waals surface area contributed by atoms with Crippen molar-refractivity contribution in [2.45, 2.75) is 80.5 Å². The van der Waals surface area contributed by atoms with Crippen molar-refractivity contribution in [3.05, 3.63) is 0 Å². The second kappa shape index (κ2) is 7.29. The van der Waals surface area contributed by atoms with Crippen molar-refractivity contribution in [2.75, 3.05) is 0 Å². The molecular weight excluding hydrogens is 384 g/mol. The van der Waals surface area contributed by atoms with Crippen LogP contribution in [0.3, 0.4) is 0 Å². The number of fused-ring (bicyclic) bond motifs is 1. The third kappa shape index (κ3) is 4.25. The van der Waals surface area contributed by atoms with E-state index in [1.807, 2.05) is 0 Å². The van der Waals surface area contributed by atoms with Crippen molar-refractivity contribution < 1.29 is 26.3 Å². The highest BCUT2D eigenvalue weighted by Gasteiger charge is 2.59. The maximum absolute atomic E-state index is 13.4. The van der Waals surface area contributed by atoms with E-state index in [4.69, 9.17) is 17.3 Å². The van der Waals surface area contributed by atoms with Crippen molar-refractivity contribution in [2.24, 2.45) is 23.5 Å². The molecule has 4 N–H and O–H groups in total. The van der Waals surface area contributed by atoms with Gasteiger partial charge in [-0.15, -0.1) is 11.6 Å². The number of alkyl halides is 7. The minimum atomic E-state index is -4.68. The van der Waals surface area contributed by atoms with Crippen LogP contribution in [-0.4, -0.2) is 42.0 Å². The first kappa shape index (κ1) is 20.5. The number of hydrogen-bond acceptors (Lipinski definition) is 3. The monoisotopic (exact) mass is 407 g/mol. The van der Waals surface area contributed by atoms with Crippen LogP contribution < -0.4 is 16.4 Å². The molecule has 1 saturated heterocycles. The van der Waals surface area contributed by atoms with E-state index in [0.29, 0.717) is 0 Å². The van der Waals surface area contributed by atoms with Gasteiger partial charge in [0, 0.05) is 23.5 Å². The van der Waals surface area contributed by atoms with Crippen molar-refractivity contribution in [1.82, 2.24) is 10.6 Å². The molecule has 0 spiro atoms. The van der Waals surface area contributed by atoms with Gasteiger partial charge < -0.3 is 5.73 Å². The lowest BCUT2D eigenvalue weighted by Crippen LogP contribution is -2.55. The van der Waals surface area contributed by atoms with E-state index in [1.54, 1.807) is 0 Å². The topological polar surface area (TPSA) is 50.1 Å². The second-order valence-electron chi connectivity index (χ2n) is 7.89. The second-order valence-corrected chi connectivity index (χ2v) is 8.51. The van der Waals surface area contributed by atoms with Gasteiger partial charge in [0.15, 0.2) is 0 Å². The SMILES string of the molecule is N[C@@H](C1CCC(Cl)CC1)C1NC2CC(C(F)(F)F)CC(C(F)(F)F)C2N1. The van der Waals surface area contributed by atoms with Gasteiger partial charge in [-0.1, -0.05) is 0 Å². The average Bonchev–Trinajstić information content (AvgIpc) is 2.96. The van der Waals surface area contributed by atoms with Gasteiger partial charge in [0.1, 0.15) is 0 Å². The summed E-state index contributed by atoms with van der Waals surface area (Å²) in [5.41, 5.74) is 6.26. The molecule has 0 aromatic heterocycles. The van der Waals surface area contributed by atoms with E-state index in [0.717, 1.165) is 25.7 Å². The van der Waals surface area contributed by atoms with E-state index >= 15 is 0 Å². The van der Waals surface area contributed by atoms with Crippen LogP contribution in [-0.2, 0) is 0 Å². The quantitative estimate of drug-likeness (QED) is 0.485. The van der Waals surface area contributed by atoms with Crippen molar-refractivity contribution in [3.63, 3.8) is 0 Å². The predicted molar refractivity (Wildman–Crippen MR) is 85.5 cm³/mol. The molecule has 3 aliphatic rings. The van der Waals surface area contributed by atoms with E-state index in [-0.39, 0.29) is 17.7 Å². The molecule has 0 aromatic carbocycles. The molecule has 3 fully saturated rings. The molecule has 10 heteroatoms. The first-order valence-corrected chi connectivity index (χ1v) is 9.45. The average molecular weight is 408 g/mol. The largest absolute Gasteiger partial charge is 0.393 e. The number of hydrogen-bond donors (Lipinski definition) is 3. The fraction of sp³-hybridized carbons (Fsp3) is 1.00. The molecule has 0 aromatic rings. The Bertz CT molecular complexity index is 491. The minimum absolute atomic E-state index is 0.0904. The lowest BCUT2D eigenvalue weighted by molar-refractivity contribution is -0.228. The van der Waals surface area contributed by atoms with Crippen LogP contribution >= 0.6 is 11.6 Å². The molecular formula is C16H24ClF6N3. The van der Waals surface area contributed by atoms with Gasteiger partial charge in [-0.05, 0) is 44.4 Å². The van der Waals surface area contributed by atoms with Crippen LogP contribution in [0.1, 0.15) is 38.5 Å². The van der Waals surface area contributed by atoms with Gasteiger partial charge in [0.05, 0.1) is 18.0 Å². The summed E-state index contributed by atoms with van der Waals surface area (Å²) in [6, 6.07) is -2.42. The Morgan fingerprint density at radius 1 is 0.885 bits per heavy atom. The summed E-state index contributed by atoms with van der Waals surface area (Å²) in [6.07, 6.45) is -8.07. The number of nitrogens with two attached hydrogens (primary N) is 1. The maximum atomic E-state index is 13.4. The van der Waals surface area contributed by atoms with Crippen molar-refractivity contribution in [1.29, 1.82) is 0 Å². The molecule has 5 unspecified atom stereocenters. The summed E-state index contributed by atoms with van der Waals surface area (Å²) in [4.78, 5) is 0. The molecule has 1 aliphatic heterocycles. The normalized spacial score (nSPS) is 43.2. The summed E-state index contributed by atoms with van der Waals surface area (Å²) in [5.74, 6) is -3.89. The van der Waals surface area contributed by atoms with Crippen LogP contribution in [0, 0.1) is 17.8 Å². The van der Waals surface area contributed by atoms with E-state index in [9.17, 15) is 26.3 Å². The molecule has 3 rings (SSSR count). The minimum Gasteiger partial charge on any atom is -0.325 e. The molecule has 3 nitrogen and oxygen atoms in total. The summed E-state index contributed by atoms with van der Waals surface area (Å²) in [5, 5.41) is 5.90. The van der Waals surface area contributed by atoms with Crippen LogP contribution in [0.25, 0.3) is 0 Å². The zero-order valence-electron chi connectivity index (χ0n) is 14.1. The third-order valence-corrected chi connectivity index (χ3v) is 6.66. The highest BCUT2D eigenvalue weighted by Crippen LogP contribution is 2.47. The van der Waals surface area contributed by atoms with Gasteiger partial charge in [0.25, 0.3) is 0 Å². The third-order valence-electron chi connectivity index (χ3n) is 6.22. The first-order valence-electron chi connectivity index (χ1n) is 9.02. The lowest BCUT2D eigenvalue weighted by Gasteiger charge is -2.39. The molecule has 26 heavy (non-hydrogen) atoms. The predicted octanol–water partition coefficient (Wildman–Crippen LogP) is 3.52. The van der Waals surface area contributed by atoms with Crippen LogP contribution in [0.15, 0.2) is 0 Å². The fourth-order valence-electron chi connectivity index (χ4n) is 4.74. The highest BCUT2D eigenvalue weighted by atomic mass is 35.5. The van der Waals surface area contributed by atoms with Gasteiger partial charge >= 0.3 is 12.4 Å². The highest BCUT2D eigenvalue weighted by molar-refractivity contribution is 6.20. The Morgan fingerprint density at radius 2 is 1.50 bits per heavy atom. The molecule has 0 bridgehead atoms. The van der Waals surface area contributed by atoms with Crippen LogP contribution in [0.5, 0.6) is 0 Å². The molecule has 0 radical (unpaired) electrons. The summed E-state index contributed by atoms with van der Waals surface area (Å²) in [7, 11) is 0. The Labute approximate surface area is 153 Å². The number of halogens is 7. The first-order chi connectivity index (χ1) is 12.0. The molecule has 2 aliphatic carbocycles. The van der Waals surface area contributed by atoms with E-state index in [2.05, 4.69) is 10.6 Å².